The van der Waals surface area contributed by atoms with Crippen LogP contribution in [0.3, 0.4) is 0 Å². The van der Waals surface area contributed by atoms with E-state index in [4.69, 9.17) is 8.83 Å². The van der Waals surface area contributed by atoms with Crippen molar-refractivity contribution in [3.8, 4) is 0 Å². The molecule has 0 radical (unpaired) electrons. The van der Waals surface area contributed by atoms with Gasteiger partial charge in [0.25, 0.3) is 11.1 Å². The number of furan rings is 1. The van der Waals surface area contributed by atoms with Crippen LogP contribution >= 0.6 is 11.8 Å². The van der Waals surface area contributed by atoms with Crippen molar-refractivity contribution in [1.29, 1.82) is 0 Å². The summed E-state index contributed by atoms with van der Waals surface area (Å²) in [5.41, 5.74) is 4.57. The van der Waals surface area contributed by atoms with Crippen molar-refractivity contribution in [3.05, 3.63) is 30.0 Å². The lowest BCUT2D eigenvalue weighted by Gasteiger charge is -2.21. The molecule has 0 atom stereocenters. The van der Waals surface area contributed by atoms with E-state index in [1.807, 2.05) is 0 Å². The number of aromatic nitrogens is 2. The lowest BCUT2D eigenvalue weighted by Crippen LogP contribution is -3.11. The molecule has 3 heterocycles. The first kappa shape index (κ1) is 17.5. The number of rotatable bonds is 6. The molecule has 25 heavy (non-hydrogen) atoms. The summed E-state index contributed by atoms with van der Waals surface area (Å²) < 4.78 is 10.5. The number of piperidine rings is 1. The van der Waals surface area contributed by atoms with E-state index in [1.54, 1.807) is 6.07 Å². The molecule has 1 saturated heterocycles. The summed E-state index contributed by atoms with van der Waals surface area (Å²) in [5, 5.41) is 8.31. The maximum Gasteiger partial charge on any atom is 0.305 e. The molecule has 10 heteroatoms. The number of amides is 2. The molecule has 0 aromatic carbocycles. The van der Waals surface area contributed by atoms with Crippen molar-refractivity contribution in [2.24, 2.45) is 0 Å². The molecule has 0 saturated carbocycles. The second-order valence-electron chi connectivity index (χ2n) is 5.72. The van der Waals surface area contributed by atoms with Gasteiger partial charge in [0.15, 0.2) is 12.3 Å². The van der Waals surface area contributed by atoms with Gasteiger partial charge in [-0.3, -0.25) is 20.4 Å². The standard InChI is InChI=1S/C15H19N5O4S/c21-12(16-18-14(22)11-5-4-8-23-11)10-25-15-19-17-13(24-15)9-20-6-2-1-3-7-20/h4-5,8H,1-3,6-7,9-10H2,(H,16,21)(H,18,22)/p+1. The first-order chi connectivity index (χ1) is 12.2. The highest BCUT2D eigenvalue weighted by Gasteiger charge is 2.18. The van der Waals surface area contributed by atoms with Gasteiger partial charge in [-0.25, -0.2) is 0 Å². The molecular weight excluding hydrogens is 346 g/mol. The molecule has 1 aliphatic heterocycles. The number of nitrogens with one attached hydrogen (secondary N) is 3. The van der Waals surface area contributed by atoms with Crippen LogP contribution in [0, 0.1) is 0 Å². The van der Waals surface area contributed by atoms with Crippen LogP contribution in [0.2, 0.25) is 0 Å². The number of hydrogen-bond acceptors (Lipinski definition) is 7. The zero-order chi connectivity index (χ0) is 17.5. The Morgan fingerprint density at radius 1 is 1.20 bits per heavy atom. The van der Waals surface area contributed by atoms with Gasteiger partial charge in [-0.2, -0.15) is 0 Å². The van der Waals surface area contributed by atoms with Crippen LogP contribution in [0.15, 0.2) is 32.5 Å². The first-order valence-corrected chi connectivity index (χ1v) is 9.11. The highest BCUT2D eigenvalue weighted by molar-refractivity contribution is 7.99. The molecule has 2 aromatic heterocycles. The van der Waals surface area contributed by atoms with Gasteiger partial charge in [0.05, 0.1) is 25.1 Å². The van der Waals surface area contributed by atoms with E-state index in [-0.39, 0.29) is 17.4 Å². The summed E-state index contributed by atoms with van der Waals surface area (Å²) in [5.74, 6) is -0.142. The highest BCUT2D eigenvalue weighted by atomic mass is 32.2. The number of thioether (sulfide) groups is 1. The lowest BCUT2D eigenvalue weighted by atomic mass is 10.1. The van der Waals surface area contributed by atoms with Crippen molar-refractivity contribution in [2.45, 2.75) is 31.0 Å². The molecule has 1 fully saturated rings. The summed E-state index contributed by atoms with van der Waals surface area (Å²) in [7, 11) is 0. The molecule has 2 aromatic rings. The van der Waals surface area contributed by atoms with Crippen LogP contribution in [0.5, 0.6) is 0 Å². The average molecular weight is 366 g/mol. The van der Waals surface area contributed by atoms with Gasteiger partial charge in [0.1, 0.15) is 0 Å². The highest BCUT2D eigenvalue weighted by Crippen LogP contribution is 2.15. The molecule has 2 amide bonds. The van der Waals surface area contributed by atoms with E-state index in [0.29, 0.717) is 11.1 Å². The van der Waals surface area contributed by atoms with E-state index in [9.17, 15) is 9.59 Å². The fraction of sp³-hybridized carbons (Fsp3) is 0.467. The number of likely N-dealkylation sites (tertiary alicyclic amines) is 1. The number of quaternary nitrogens is 1. The Kier molecular flexibility index (Phi) is 6.07. The van der Waals surface area contributed by atoms with E-state index in [1.165, 1.54) is 36.5 Å². The quantitative estimate of drug-likeness (QED) is 0.478. The van der Waals surface area contributed by atoms with Gasteiger partial charge in [-0.05, 0) is 31.4 Å². The number of hydrazine groups is 1. The number of carbonyl (C=O) groups is 2. The number of nitrogens with zero attached hydrogens (tertiary/aromatic N) is 2. The molecule has 3 rings (SSSR count). The van der Waals surface area contributed by atoms with Crippen LogP contribution in [0.4, 0.5) is 0 Å². The van der Waals surface area contributed by atoms with Crippen LogP contribution in [0.25, 0.3) is 0 Å². The SMILES string of the molecule is O=C(CSc1nnc(C[NH+]2CCCCC2)o1)NNC(=O)c1ccco1. The van der Waals surface area contributed by atoms with E-state index < -0.39 is 5.91 Å². The Hall–Kier alpha value is -2.33. The first-order valence-electron chi connectivity index (χ1n) is 8.12. The summed E-state index contributed by atoms with van der Waals surface area (Å²) in [4.78, 5) is 24.8. The van der Waals surface area contributed by atoms with Crippen molar-refractivity contribution < 1.29 is 23.3 Å². The monoisotopic (exact) mass is 366 g/mol. The average Bonchev–Trinajstić information content (AvgIpc) is 3.31. The van der Waals surface area contributed by atoms with E-state index in [0.717, 1.165) is 31.4 Å². The van der Waals surface area contributed by atoms with Gasteiger partial charge < -0.3 is 13.7 Å². The molecule has 134 valence electrons. The van der Waals surface area contributed by atoms with E-state index in [2.05, 4.69) is 21.0 Å². The van der Waals surface area contributed by atoms with Crippen molar-refractivity contribution in [1.82, 2.24) is 21.0 Å². The minimum absolute atomic E-state index is 0.0522. The minimum Gasteiger partial charge on any atom is -0.459 e. The predicted molar refractivity (Wildman–Crippen MR) is 87.6 cm³/mol. The minimum atomic E-state index is -0.520. The fourth-order valence-corrected chi connectivity index (χ4v) is 3.15. The second-order valence-corrected chi connectivity index (χ2v) is 6.64. The zero-order valence-corrected chi connectivity index (χ0v) is 14.4. The van der Waals surface area contributed by atoms with Gasteiger partial charge >= 0.3 is 5.91 Å². The third-order valence-corrected chi connectivity index (χ3v) is 4.62. The summed E-state index contributed by atoms with van der Waals surface area (Å²) in [6.07, 6.45) is 5.13. The maximum absolute atomic E-state index is 11.7. The van der Waals surface area contributed by atoms with Crippen LogP contribution in [-0.2, 0) is 11.3 Å². The number of carbonyl (C=O) groups excluding carboxylic acids is 2. The Morgan fingerprint density at radius 3 is 2.80 bits per heavy atom. The van der Waals surface area contributed by atoms with Crippen LogP contribution < -0.4 is 15.8 Å². The topological polar surface area (TPSA) is 115 Å². The van der Waals surface area contributed by atoms with Gasteiger partial charge in [-0.15, -0.1) is 10.2 Å². The van der Waals surface area contributed by atoms with Crippen molar-refractivity contribution >= 4 is 23.6 Å². The van der Waals surface area contributed by atoms with Gasteiger partial charge in [0.2, 0.25) is 5.91 Å². The lowest BCUT2D eigenvalue weighted by molar-refractivity contribution is -0.919. The summed E-state index contributed by atoms with van der Waals surface area (Å²) >= 11 is 1.12. The van der Waals surface area contributed by atoms with Crippen LogP contribution in [0.1, 0.15) is 35.7 Å². The molecule has 3 N–H and O–H groups in total. The molecule has 0 spiro atoms. The largest absolute Gasteiger partial charge is 0.459 e. The molecule has 9 nitrogen and oxygen atoms in total. The molecule has 1 aliphatic rings. The third-order valence-electron chi connectivity index (χ3n) is 3.80. The zero-order valence-electron chi connectivity index (χ0n) is 13.6. The Balaban J connectivity index is 1.38. The van der Waals surface area contributed by atoms with E-state index >= 15 is 0 Å². The van der Waals surface area contributed by atoms with Gasteiger partial charge in [0, 0.05) is 0 Å². The number of hydrogen-bond donors (Lipinski definition) is 3. The normalized spacial score (nSPS) is 15.0. The molecule has 0 aliphatic carbocycles. The Bertz CT molecular complexity index is 697. The molecule has 0 unspecified atom stereocenters. The second kappa shape index (κ2) is 8.67. The molecule has 0 bridgehead atoms. The smallest absolute Gasteiger partial charge is 0.305 e. The maximum atomic E-state index is 11.7. The summed E-state index contributed by atoms with van der Waals surface area (Å²) in [6.45, 7) is 2.98. The predicted octanol–water partition coefficient (Wildman–Crippen LogP) is -0.215. The third kappa shape index (κ3) is 5.33. The van der Waals surface area contributed by atoms with Crippen molar-refractivity contribution in [2.75, 3.05) is 18.8 Å². The fourth-order valence-electron chi connectivity index (χ4n) is 2.57. The van der Waals surface area contributed by atoms with Crippen LogP contribution in [-0.4, -0.2) is 40.9 Å². The Morgan fingerprint density at radius 2 is 2.04 bits per heavy atom. The molecular formula is C15H20N5O4S+. The van der Waals surface area contributed by atoms with Gasteiger partial charge in [-0.1, -0.05) is 11.8 Å². The summed E-state index contributed by atoms with van der Waals surface area (Å²) in [6, 6.07) is 3.09. The Labute approximate surface area is 148 Å². The van der Waals surface area contributed by atoms with Crippen molar-refractivity contribution in [3.63, 3.8) is 0 Å².